The summed E-state index contributed by atoms with van der Waals surface area (Å²) in [7, 11) is -3.69. The molecule has 1 saturated heterocycles. The number of benzene rings is 2. The molecule has 3 aromatic rings. The van der Waals surface area contributed by atoms with Crippen LogP contribution in [0.5, 0.6) is 0 Å². The number of sulfonamides is 1. The van der Waals surface area contributed by atoms with E-state index in [-0.39, 0.29) is 0 Å². The van der Waals surface area contributed by atoms with Crippen molar-refractivity contribution in [3.8, 4) is 11.3 Å². The number of rotatable bonds is 6. The molecule has 1 aliphatic rings. The number of carbonyl (C=O) groups excluding carboxylic acids is 1. The van der Waals surface area contributed by atoms with Gasteiger partial charge < -0.3 is 10.2 Å². The molecule has 0 unspecified atom stereocenters. The number of thiazole rings is 1. The van der Waals surface area contributed by atoms with Crippen molar-refractivity contribution in [1.29, 1.82) is 0 Å². The van der Waals surface area contributed by atoms with Gasteiger partial charge in [0, 0.05) is 42.8 Å². The van der Waals surface area contributed by atoms with E-state index in [9.17, 15) is 13.2 Å². The molecular formula is C22H24N4O3S2. The number of hydrogen-bond donors (Lipinski definition) is 1. The van der Waals surface area contributed by atoms with Gasteiger partial charge in [0.2, 0.25) is 15.9 Å². The summed E-state index contributed by atoms with van der Waals surface area (Å²) in [6, 6.07) is 17.8. The van der Waals surface area contributed by atoms with Crippen molar-refractivity contribution < 1.29 is 13.2 Å². The van der Waals surface area contributed by atoms with Crippen LogP contribution in [0, 0.1) is 6.92 Å². The Labute approximate surface area is 186 Å². The minimum Gasteiger partial charge on any atom is -0.369 e. The fourth-order valence-electron chi connectivity index (χ4n) is 3.53. The van der Waals surface area contributed by atoms with Gasteiger partial charge in [-0.3, -0.25) is 4.79 Å². The first kappa shape index (κ1) is 21.5. The Morgan fingerprint density at radius 1 is 1.06 bits per heavy atom. The zero-order chi connectivity index (χ0) is 21.8. The standard InChI is InChI=1S/C22H24N4O3S2/c1-17-6-5-9-19(14-17)25-10-12-26(13-11-25)31(28,29)16-21(27)24-22-23-20(15-30-22)18-7-3-2-4-8-18/h2-9,14-15H,10-13,16H2,1H3,(H,23,24,27). The van der Waals surface area contributed by atoms with Crippen molar-refractivity contribution in [2.45, 2.75) is 6.92 Å². The fourth-order valence-corrected chi connectivity index (χ4v) is 5.58. The number of piperazine rings is 1. The lowest BCUT2D eigenvalue weighted by molar-refractivity contribution is -0.113. The van der Waals surface area contributed by atoms with Crippen LogP contribution in [0.4, 0.5) is 10.8 Å². The molecule has 7 nitrogen and oxygen atoms in total. The third-order valence-electron chi connectivity index (χ3n) is 5.13. The molecule has 0 bridgehead atoms. The molecule has 162 valence electrons. The smallest absolute Gasteiger partial charge is 0.242 e. The topological polar surface area (TPSA) is 82.6 Å². The van der Waals surface area contributed by atoms with Gasteiger partial charge >= 0.3 is 0 Å². The minimum atomic E-state index is -3.69. The van der Waals surface area contributed by atoms with Crippen LogP contribution in [-0.2, 0) is 14.8 Å². The first-order valence-electron chi connectivity index (χ1n) is 10.0. The van der Waals surface area contributed by atoms with Gasteiger partial charge in [-0.1, -0.05) is 42.5 Å². The Hall–Kier alpha value is -2.75. The number of anilines is 2. The van der Waals surface area contributed by atoms with E-state index in [2.05, 4.69) is 21.3 Å². The van der Waals surface area contributed by atoms with E-state index in [0.717, 1.165) is 16.9 Å². The average Bonchev–Trinajstić information content (AvgIpc) is 3.22. The summed E-state index contributed by atoms with van der Waals surface area (Å²) in [6.07, 6.45) is 0. The van der Waals surface area contributed by atoms with E-state index >= 15 is 0 Å². The molecule has 0 aliphatic carbocycles. The van der Waals surface area contributed by atoms with Crippen LogP contribution in [0.25, 0.3) is 11.3 Å². The van der Waals surface area contributed by atoms with Gasteiger partial charge in [0.15, 0.2) is 5.13 Å². The number of aryl methyl sites for hydroxylation is 1. The number of carbonyl (C=O) groups is 1. The van der Waals surface area contributed by atoms with E-state index in [1.165, 1.54) is 21.2 Å². The molecule has 1 fully saturated rings. The third kappa shape index (κ3) is 5.30. The van der Waals surface area contributed by atoms with Crippen LogP contribution in [-0.4, -0.2) is 55.5 Å². The number of nitrogens with one attached hydrogen (secondary N) is 1. The SMILES string of the molecule is Cc1cccc(N2CCN(S(=O)(=O)CC(=O)Nc3nc(-c4ccccc4)cs3)CC2)c1. The Balaban J connectivity index is 1.33. The summed E-state index contributed by atoms with van der Waals surface area (Å²) in [5.41, 5.74) is 3.95. The van der Waals surface area contributed by atoms with Crippen LogP contribution in [0.1, 0.15) is 5.56 Å². The summed E-state index contributed by atoms with van der Waals surface area (Å²) < 4.78 is 26.9. The van der Waals surface area contributed by atoms with Crippen molar-refractivity contribution in [3.63, 3.8) is 0 Å². The molecular weight excluding hydrogens is 432 g/mol. The van der Waals surface area contributed by atoms with Crippen LogP contribution < -0.4 is 10.2 Å². The van der Waals surface area contributed by atoms with E-state index in [1.807, 2.05) is 60.8 Å². The summed E-state index contributed by atoms with van der Waals surface area (Å²) in [5.74, 6) is -1.16. The highest BCUT2D eigenvalue weighted by atomic mass is 32.2. The van der Waals surface area contributed by atoms with Crippen LogP contribution in [0.2, 0.25) is 0 Å². The van der Waals surface area contributed by atoms with E-state index in [1.54, 1.807) is 0 Å². The highest BCUT2D eigenvalue weighted by Gasteiger charge is 2.29. The second kappa shape index (κ2) is 9.17. The highest BCUT2D eigenvalue weighted by Crippen LogP contribution is 2.25. The van der Waals surface area contributed by atoms with Gasteiger partial charge in [-0.05, 0) is 24.6 Å². The minimum absolute atomic E-state index is 0.360. The Kier molecular flexibility index (Phi) is 6.35. The molecule has 0 spiro atoms. The second-order valence-electron chi connectivity index (χ2n) is 7.43. The molecule has 0 saturated carbocycles. The van der Waals surface area contributed by atoms with Gasteiger partial charge in [-0.25, -0.2) is 13.4 Å². The van der Waals surface area contributed by atoms with Crippen LogP contribution in [0.3, 0.4) is 0 Å². The summed E-state index contributed by atoms with van der Waals surface area (Å²) in [4.78, 5) is 18.9. The number of amides is 1. The van der Waals surface area contributed by atoms with Crippen molar-refractivity contribution in [1.82, 2.24) is 9.29 Å². The van der Waals surface area contributed by atoms with Crippen LogP contribution >= 0.6 is 11.3 Å². The molecule has 2 aromatic carbocycles. The molecule has 4 rings (SSSR count). The maximum Gasteiger partial charge on any atom is 0.242 e. The fraction of sp³-hybridized carbons (Fsp3) is 0.273. The Morgan fingerprint density at radius 3 is 2.52 bits per heavy atom. The van der Waals surface area contributed by atoms with Crippen molar-refractivity contribution in [2.24, 2.45) is 0 Å². The molecule has 0 atom stereocenters. The lowest BCUT2D eigenvalue weighted by atomic mass is 10.2. The number of nitrogens with zero attached hydrogens (tertiary/aromatic N) is 3. The van der Waals surface area contributed by atoms with Crippen LogP contribution in [0.15, 0.2) is 60.0 Å². The molecule has 2 heterocycles. The zero-order valence-corrected chi connectivity index (χ0v) is 18.8. The van der Waals surface area contributed by atoms with Crippen molar-refractivity contribution in [2.75, 3.05) is 42.1 Å². The summed E-state index contributed by atoms with van der Waals surface area (Å²) in [6.45, 7) is 3.94. The Bertz CT molecular complexity index is 1150. The number of hydrogen-bond acceptors (Lipinski definition) is 6. The second-order valence-corrected chi connectivity index (χ2v) is 10.3. The lowest BCUT2D eigenvalue weighted by Crippen LogP contribution is -2.50. The number of aromatic nitrogens is 1. The molecule has 1 N–H and O–H groups in total. The van der Waals surface area contributed by atoms with Gasteiger partial charge in [0.1, 0.15) is 5.75 Å². The molecule has 31 heavy (non-hydrogen) atoms. The molecule has 1 amide bonds. The summed E-state index contributed by atoms with van der Waals surface area (Å²) in [5, 5.41) is 4.85. The maximum absolute atomic E-state index is 12.7. The van der Waals surface area contributed by atoms with Crippen molar-refractivity contribution >= 4 is 38.1 Å². The van der Waals surface area contributed by atoms with Crippen molar-refractivity contribution in [3.05, 3.63) is 65.5 Å². The van der Waals surface area contributed by atoms with Gasteiger partial charge in [0.25, 0.3) is 0 Å². The van der Waals surface area contributed by atoms with E-state index in [4.69, 9.17) is 0 Å². The normalized spacial score (nSPS) is 15.1. The third-order valence-corrected chi connectivity index (χ3v) is 7.67. The van der Waals surface area contributed by atoms with E-state index < -0.39 is 21.7 Å². The molecule has 0 radical (unpaired) electrons. The first-order valence-corrected chi connectivity index (χ1v) is 12.5. The predicted molar refractivity (Wildman–Crippen MR) is 125 cm³/mol. The van der Waals surface area contributed by atoms with Gasteiger partial charge in [-0.15, -0.1) is 11.3 Å². The maximum atomic E-state index is 12.7. The zero-order valence-electron chi connectivity index (χ0n) is 17.2. The monoisotopic (exact) mass is 456 g/mol. The van der Waals surface area contributed by atoms with E-state index in [0.29, 0.717) is 31.3 Å². The molecule has 1 aliphatic heterocycles. The Morgan fingerprint density at radius 2 is 1.81 bits per heavy atom. The van der Waals surface area contributed by atoms with Gasteiger partial charge in [-0.2, -0.15) is 4.31 Å². The first-order chi connectivity index (χ1) is 14.9. The molecule has 1 aromatic heterocycles. The van der Waals surface area contributed by atoms with Gasteiger partial charge in [0.05, 0.1) is 5.69 Å². The highest BCUT2D eigenvalue weighted by molar-refractivity contribution is 7.89. The lowest BCUT2D eigenvalue weighted by Gasteiger charge is -2.35. The average molecular weight is 457 g/mol. The molecule has 9 heteroatoms. The summed E-state index contributed by atoms with van der Waals surface area (Å²) >= 11 is 1.28. The largest absolute Gasteiger partial charge is 0.369 e. The predicted octanol–water partition coefficient (Wildman–Crippen LogP) is 3.21. The quantitative estimate of drug-likeness (QED) is 0.616.